The number of ether oxygens (including phenoxy) is 3. The fourth-order valence-electron chi connectivity index (χ4n) is 5.56. The molecule has 0 aromatic rings. The second-order valence-corrected chi connectivity index (χ2v) is 14.7. The number of carbonyl (C=O) groups excluding carboxylic acids is 3. The Hall–Kier alpha value is -4.71. The van der Waals surface area contributed by atoms with E-state index in [1.807, 2.05) is 79.0 Å². The van der Waals surface area contributed by atoms with E-state index in [1.54, 1.807) is 0 Å². The maximum atomic E-state index is 12.7. The van der Waals surface area contributed by atoms with Gasteiger partial charge < -0.3 is 14.2 Å². The zero-order valence-electron chi connectivity index (χ0n) is 38.4. The zero-order chi connectivity index (χ0) is 44.4. The van der Waals surface area contributed by atoms with Gasteiger partial charge in [-0.3, -0.25) is 14.4 Å². The molecule has 0 radical (unpaired) electrons. The van der Waals surface area contributed by atoms with Gasteiger partial charge in [-0.15, -0.1) is 0 Å². The van der Waals surface area contributed by atoms with Crippen LogP contribution >= 0.6 is 0 Å². The number of hydrogen-bond acceptors (Lipinski definition) is 6. The topological polar surface area (TPSA) is 78.9 Å². The second-order valence-electron chi connectivity index (χ2n) is 14.7. The molecule has 0 aliphatic carbocycles. The molecule has 1 unspecified atom stereocenters. The zero-order valence-corrected chi connectivity index (χ0v) is 38.4. The minimum absolute atomic E-state index is 0.147. The first-order valence-electron chi connectivity index (χ1n) is 23.4. The molecule has 0 fully saturated rings. The van der Waals surface area contributed by atoms with E-state index in [9.17, 15) is 14.4 Å². The van der Waals surface area contributed by atoms with Crippen LogP contribution in [-0.4, -0.2) is 37.2 Å². The first-order chi connectivity index (χ1) is 30.0. The van der Waals surface area contributed by atoms with Crippen molar-refractivity contribution >= 4 is 17.9 Å². The lowest BCUT2D eigenvalue weighted by molar-refractivity contribution is -0.166. The maximum absolute atomic E-state index is 12.7. The van der Waals surface area contributed by atoms with E-state index >= 15 is 0 Å². The predicted octanol–water partition coefficient (Wildman–Crippen LogP) is 15.3. The molecule has 0 aromatic carbocycles. The van der Waals surface area contributed by atoms with E-state index in [-0.39, 0.29) is 44.4 Å². The van der Waals surface area contributed by atoms with Crippen molar-refractivity contribution in [3.63, 3.8) is 0 Å². The van der Waals surface area contributed by atoms with E-state index in [0.717, 1.165) is 64.2 Å². The van der Waals surface area contributed by atoms with Crippen molar-refractivity contribution in [2.75, 3.05) is 13.2 Å². The fourth-order valence-corrected chi connectivity index (χ4v) is 5.56. The van der Waals surface area contributed by atoms with E-state index in [2.05, 4.69) is 87.6 Å². The van der Waals surface area contributed by atoms with Crippen LogP contribution < -0.4 is 0 Å². The molecule has 0 bridgehead atoms. The number of esters is 3. The first kappa shape index (κ1) is 56.3. The highest BCUT2D eigenvalue weighted by molar-refractivity contribution is 5.71. The van der Waals surface area contributed by atoms with Gasteiger partial charge >= 0.3 is 17.9 Å². The Bertz CT molecular complexity index is 1430. The number of unbranched alkanes of at least 4 members (excludes halogenated alkanes) is 10. The van der Waals surface area contributed by atoms with Gasteiger partial charge in [0.1, 0.15) is 13.2 Å². The highest BCUT2D eigenvalue weighted by Gasteiger charge is 2.19. The van der Waals surface area contributed by atoms with Crippen LogP contribution in [0.5, 0.6) is 0 Å². The molecule has 0 aliphatic heterocycles. The number of allylic oxidation sites excluding steroid dienone is 24. The summed E-state index contributed by atoms with van der Waals surface area (Å²) in [6.45, 7) is 6.18. The summed E-state index contributed by atoms with van der Waals surface area (Å²) >= 11 is 0. The Morgan fingerprint density at radius 3 is 1.33 bits per heavy atom. The molecule has 6 heteroatoms. The molecule has 0 aromatic heterocycles. The smallest absolute Gasteiger partial charge is 0.306 e. The third-order valence-corrected chi connectivity index (χ3v) is 9.02. The maximum Gasteiger partial charge on any atom is 0.306 e. The average Bonchev–Trinajstić information content (AvgIpc) is 3.26. The minimum Gasteiger partial charge on any atom is -0.462 e. The van der Waals surface area contributed by atoms with Crippen LogP contribution in [0.4, 0.5) is 0 Å². The third-order valence-electron chi connectivity index (χ3n) is 9.02. The predicted molar refractivity (Wildman–Crippen MR) is 260 cm³/mol. The third kappa shape index (κ3) is 46.2. The summed E-state index contributed by atoms with van der Waals surface area (Å²) in [5.41, 5.74) is 0. The van der Waals surface area contributed by atoms with Crippen molar-refractivity contribution in [2.24, 2.45) is 0 Å². The molecule has 61 heavy (non-hydrogen) atoms. The quantitative estimate of drug-likeness (QED) is 0.0202. The number of rotatable bonds is 39. The van der Waals surface area contributed by atoms with Crippen molar-refractivity contribution in [1.82, 2.24) is 0 Å². The first-order valence-corrected chi connectivity index (χ1v) is 23.4. The van der Waals surface area contributed by atoms with Crippen molar-refractivity contribution in [3.8, 4) is 0 Å². The van der Waals surface area contributed by atoms with Gasteiger partial charge in [0.2, 0.25) is 0 Å². The fraction of sp³-hybridized carbons (Fsp3) is 0.509. The van der Waals surface area contributed by atoms with E-state index in [1.165, 1.54) is 38.5 Å². The molecule has 1 atom stereocenters. The van der Waals surface area contributed by atoms with Crippen molar-refractivity contribution in [1.29, 1.82) is 0 Å². The van der Waals surface area contributed by atoms with Crippen LogP contribution in [0.25, 0.3) is 0 Å². The van der Waals surface area contributed by atoms with Gasteiger partial charge in [0.25, 0.3) is 0 Å². The second kappa shape index (κ2) is 48.0. The highest BCUT2D eigenvalue weighted by Crippen LogP contribution is 2.10. The summed E-state index contributed by atoms with van der Waals surface area (Å²) in [5, 5.41) is 0. The van der Waals surface area contributed by atoms with E-state index < -0.39 is 12.1 Å². The van der Waals surface area contributed by atoms with Gasteiger partial charge in [-0.25, -0.2) is 0 Å². The Morgan fingerprint density at radius 1 is 0.361 bits per heavy atom. The average molecular weight is 839 g/mol. The summed E-state index contributed by atoms with van der Waals surface area (Å²) in [5.74, 6) is -1.13. The van der Waals surface area contributed by atoms with Crippen LogP contribution in [0, 0.1) is 0 Å². The molecule has 0 saturated carbocycles. The molecule has 0 rings (SSSR count). The molecule has 0 saturated heterocycles. The van der Waals surface area contributed by atoms with E-state index in [0.29, 0.717) is 19.3 Å². The van der Waals surface area contributed by atoms with Crippen LogP contribution in [0.15, 0.2) is 146 Å². The normalized spacial score (nSPS) is 13.4. The lowest BCUT2D eigenvalue weighted by Crippen LogP contribution is -2.30. The van der Waals surface area contributed by atoms with Gasteiger partial charge in [0, 0.05) is 19.3 Å². The van der Waals surface area contributed by atoms with Crippen molar-refractivity contribution in [3.05, 3.63) is 146 Å². The summed E-state index contributed by atoms with van der Waals surface area (Å²) < 4.78 is 16.6. The molecular weight excluding hydrogens is 757 g/mol. The molecule has 0 spiro atoms. The lowest BCUT2D eigenvalue weighted by Gasteiger charge is -2.18. The molecule has 0 aliphatic rings. The van der Waals surface area contributed by atoms with Crippen molar-refractivity contribution in [2.45, 2.75) is 168 Å². The molecule has 0 amide bonds. The molecule has 0 heterocycles. The van der Waals surface area contributed by atoms with Gasteiger partial charge in [-0.1, -0.05) is 205 Å². The van der Waals surface area contributed by atoms with Crippen LogP contribution in [0.2, 0.25) is 0 Å². The van der Waals surface area contributed by atoms with Crippen LogP contribution in [0.3, 0.4) is 0 Å². The van der Waals surface area contributed by atoms with Gasteiger partial charge in [0.05, 0.1) is 0 Å². The van der Waals surface area contributed by atoms with Gasteiger partial charge in [-0.2, -0.15) is 0 Å². The van der Waals surface area contributed by atoms with Gasteiger partial charge in [0.15, 0.2) is 6.10 Å². The molecular formula is C55H82O6. The highest BCUT2D eigenvalue weighted by atomic mass is 16.6. The summed E-state index contributed by atoms with van der Waals surface area (Å²) in [7, 11) is 0. The minimum atomic E-state index is -0.852. The molecule has 6 nitrogen and oxygen atoms in total. The lowest BCUT2D eigenvalue weighted by atomic mass is 10.1. The number of carbonyl (C=O) groups is 3. The summed E-state index contributed by atoms with van der Waals surface area (Å²) in [4.78, 5) is 37.7. The summed E-state index contributed by atoms with van der Waals surface area (Å²) in [6, 6.07) is 0. The Morgan fingerprint density at radius 2 is 0.770 bits per heavy atom. The van der Waals surface area contributed by atoms with Gasteiger partial charge in [-0.05, 0) is 83.5 Å². The SMILES string of the molecule is CC\C=C/C=C\C=C/C=C\C=C\C=C/C=C\CCCCCC(=O)OCC(COC(=O)CCC/C=C\C/C=C\C/C=C\CC)OC(=O)CC/C=C\C/C=C\CCCCCCCC. The van der Waals surface area contributed by atoms with E-state index in [4.69, 9.17) is 14.2 Å². The summed E-state index contributed by atoms with van der Waals surface area (Å²) in [6.07, 6.45) is 68.5. The molecule has 0 N–H and O–H groups in total. The monoisotopic (exact) mass is 839 g/mol. The molecule has 338 valence electrons. The standard InChI is InChI=1S/C55H82O6/c1-4-7-10-13-16-19-22-24-25-26-27-28-29-31-33-36-39-42-45-48-54(57)60-51-52(50-59-53(56)47-44-41-38-35-32-21-18-15-12-9-6-3)61-55(58)49-46-43-40-37-34-30-23-20-17-14-11-8-5-2/h7,9-10,12-13,16,18-19,21-22,24-31,33-35,38,40,43,52H,4-6,8,11,14-15,17,20,23,32,36-37,39,41-42,44-51H2,1-3H3/b10-7-,12-9-,16-13-,21-18-,22-19-,25-24-,27-26+,29-28-,33-31-,34-30-,38-35-,43-40-. The van der Waals surface area contributed by atoms with Crippen LogP contribution in [0.1, 0.15) is 162 Å². The van der Waals surface area contributed by atoms with Crippen molar-refractivity contribution < 1.29 is 28.6 Å². The number of hydrogen-bond donors (Lipinski definition) is 0. The largest absolute Gasteiger partial charge is 0.462 e. The Labute approximate surface area is 372 Å². The van der Waals surface area contributed by atoms with Crippen LogP contribution in [-0.2, 0) is 28.6 Å². The Balaban J connectivity index is 4.63. The Kier molecular flexibility index (Phi) is 44.3.